The molecule has 2 aromatic rings. The minimum atomic E-state index is -0.461. The van der Waals surface area contributed by atoms with Gasteiger partial charge in [0.2, 0.25) is 0 Å². The zero-order chi connectivity index (χ0) is 19.9. The van der Waals surface area contributed by atoms with Gasteiger partial charge in [-0.1, -0.05) is 0 Å². The van der Waals surface area contributed by atoms with Crippen LogP contribution in [0.1, 0.15) is 33.6 Å². The van der Waals surface area contributed by atoms with Crippen LogP contribution in [0.4, 0.5) is 11.4 Å². The first kappa shape index (κ1) is 19.8. The lowest BCUT2D eigenvalue weighted by Crippen LogP contribution is -2.32. The van der Waals surface area contributed by atoms with Crippen LogP contribution in [0.15, 0.2) is 29.6 Å². The number of hydrogen-bond donors (Lipinski definition) is 2. The van der Waals surface area contributed by atoms with Crippen molar-refractivity contribution in [3.8, 4) is 0 Å². The third kappa shape index (κ3) is 5.07. The summed E-state index contributed by atoms with van der Waals surface area (Å²) in [7, 11) is 0. The van der Waals surface area contributed by atoms with E-state index in [1.54, 1.807) is 23.5 Å². The molecule has 1 heterocycles. The second kappa shape index (κ2) is 9.32. The number of nitrogens with zero attached hydrogens (tertiary/aromatic N) is 1. The van der Waals surface area contributed by atoms with Gasteiger partial charge in [-0.3, -0.25) is 14.9 Å². The van der Waals surface area contributed by atoms with Gasteiger partial charge in [-0.2, -0.15) is 0 Å². The number of ether oxygens (including phenoxy) is 1. The number of anilines is 1. The predicted molar refractivity (Wildman–Crippen MR) is 106 cm³/mol. The van der Waals surface area contributed by atoms with Gasteiger partial charge in [0.05, 0.1) is 10.5 Å². The molecule has 0 spiro atoms. The Morgan fingerprint density at radius 3 is 2.64 bits per heavy atom. The molecule has 8 nitrogen and oxygen atoms in total. The number of amides is 1. The average Bonchev–Trinajstić information content (AvgIpc) is 3.14. The lowest BCUT2D eigenvalue weighted by molar-refractivity contribution is -0.384. The normalized spacial score (nSPS) is 12.7. The molecule has 3 rings (SSSR count). The van der Waals surface area contributed by atoms with Gasteiger partial charge in [0.1, 0.15) is 0 Å². The fourth-order valence-electron chi connectivity index (χ4n) is 3.03. The summed E-state index contributed by atoms with van der Waals surface area (Å²) in [6, 6.07) is 6.01. The van der Waals surface area contributed by atoms with E-state index >= 15 is 0 Å². The fraction of sp³-hybridized carbons (Fsp3) is 0.368. The standard InChI is InChI=1S/C19H21N3O5S/c23-18(21-10-9-20-13-5-7-14(8-6-13)22(25)26)11-27-19(24)16-12-28-17-4-2-1-3-15(16)17/h5-8,12,20H,1-4,9-11H2,(H,21,23). The molecule has 1 aliphatic rings. The molecule has 0 atom stereocenters. The first-order valence-electron chi connectivity index (χ1n) is 9.06. The molecule has 1 amide bonds. The number of non-ortho nitro benzene ring substituents is 1. The Hall–Kier alpha value is -2.94. The monoisotopic (exact) mass is 403 g/mol. The number of thiophene rings is 1. The zero-order valence-corrected chi connectivity index (χ0v) is 16.0. The van der Waals surface area contributed by atoms with E-state index in [4.69, 9.17) is 4.74 Å². The number of aryl methyl sites for hydroxylation is 1. The number of hydrogen-bond acceptors (Lipinski definition) is 7. The molecule has 1 aromatic heterocycles. The lowest BCUT2D eigenvalue weighted by Gasteiger charge is -2.12. The van der Waals surface area contributed by atoms with Gasteiger partial charge in [0.25, 0.3) is 11.6 Å². The van der Waals surface area contributed by atoms with Crippen molar-refractivity contribution in [3.63, 3.8) is 0 Å². The summed E-state index contributed by atoms with van der Waals surface area (Å²) in [5.74, 6) is -0.818. The van der Waals surface area contributed by atoms with Crippen LogP contribution in [-0.4, -0.2) is 36.5 Å². The molecule has 0 aliphatic heterocycles. The lowest BCUT2D eigenvalue weighted by atomic mass is 9.96. The Balaban J connectivity index is 1.36. The maximum atomic E-state index is 12.2. The Bertz CT molecular complexity index is 863. The summed E-state index contributed by atoms with van der Waals surface area (Å²) < 4.78 is 5.14. The molecule has 0 saturated heterocycles. The molecule has 0 unspecified atom stereocenters. The van der Waals surface area contributed by atoms with Crippen molar-refractivity contribution in [1.29, 1.82) is 0 Å². The summed E-state index contributed by atoms with van der Waals surface area (Å²) >= 11 is 1.58. The van der Waals surface area contributed by atoms with Gasteiger partial charge in [-0.25, -0.2) is 4.79 Å². The third-order valence-electron chi connectivity index (χ3n) is 4.47. The number of carbonyl (C=O) groups excluding carboxylic acids is 2. The van der Waals surface area contributed by atoms with Crippen LogP contribution in [0.3, 0.4) is 0 Å². The van der Waals surface area contributed by atoms with Crippen molar-refractivity contribution in [2.24, 2.45) is 0 Å². The van der Waals surface area contributed by atoms with E-state index in [-0.39, 0.29) is 18.2 Å². The van der Waals surface area contributed by atoms with E-state index in [9.17, 15) is 19.7 Å². The van der Waals surface area contributed by atoms with E-state index in [2.05, 4.69) is 10.6 Å². The van der Waals surface area contributed by atoms with Crippen LogP contribution in [0.2, 0.25) is 0 Å². The molecule has 0 radical (unpaired) electrons. The topological polar surface area (TPSA) is 111 Å². The van der Waals surface area contributed by atoms with Crippen molar-refractivity contribution in [2.75, 3.05) is 25.0 Å². The third-order valence-corrected chi connectivity index (χ3v) is 5.56. The summed E-state index contributed by atoms with van der Waals surface area (Å²) in [6.07, 6.45) is 4.13. The van der Waals surface area contributed by atoms with E-state index in [0.717, 1.165) is 31.2 Å². The Kier molecular flexibility index (Phi) is 6.59. The average molecular weight is 403 g/mol. The number of fused-ring (bicyclic) bond motifs is 1. The molecule has 0 fully saturated rings. The highest BCUT2D eigenvalue weighted by atomic mass is 32.1. The van der Waals surface area contributed by atoms with Gasteiger partial charge in [-0.05, 0) is 43.4 Å². The minimum Gasteiger partial charge on any atom is -0.452 e. The van der Waals surface area contributed by atoms with Gasteiger partial charge < -0.3 is 15.4 Å². The number of esters is 1. The van der Waals surface area contributed by atoms with Crippen LogP contribution in [0.25, 0.3) is 0 Å². The second-order valence-corrected chi connectivity index (χ2v) is 7.38. The maximum absolute atomic E-state index is 12.2. The summed E-state index contributed by atoms with van der Waals surface area (Å²) in [6.45, 7) is 0.456. The Labute approximate surface area is 166 Å². The Morgan fingerprint density at radius 1 is 1.14 bits per heavy atom. The highest BCUT2D eigenvalue weighted by Crippen LogP contribution is 2.30. The van der Waals surface area contributed by atoms with Gasteiger partial charge in [0, 0.05) is 41.2 Å². The number of nitro groups is 1. The molecule has 1 aliphatic carbocycles. The summed E-state index contributed by atoms with van der Waals surface area (Å²) in [5.41, 5.74) is 2.40. The largest absolute Gasteiger partial charge is 0.452 e. The molecule has 0 bridgehead atoms. The second-order valence-electron chi connectivity index (χ2n) is 6.42. The van der Waals surface area contributed by atoms with E-state index < -0.39 is 10.9 Å². The van der Waals surface area contributed by atoms with Crippen molar-refractivity contribution < 1.29 is 19.2 Å². The SMILES string of the molecule is O=C(COC(=O)c1csc2c1CCCC2)NCCNc1ccc([N+](=O)[O-])cc1. The number of nitro benzene ring substituents is 1. The molecule has 148 valence electrons. The van der Waals surface area contributed by atoms with Crippen molar-refractivity contribution in [2.45, 2.75) is 25.7 Å². The number of carbonyl (C=O) groups is 2. The van der Waals surface area contributed by atoms with Crippen LogP contribution in [0, 0.1) is 10.1 Å². The molecule has 2 N–H and O–H groups in total. The number of nitrogens with one attached hydrogen (secondary N) is 2. The quantitative estimate of drug-likeness (QED) is 0.303. The minimum absolute atomic E-state index is 0.0209. The Morgan fingerprint density at radius 2 is 1.89 bits per heavy atom. The van der Waals surface area contributed by atoms with Crippen molar-refractivity contribution in [1.82, 2.24) is 5.32 Å². The molecule has 9 heteroatoms. The van der Waals surface area contributed by atoms with Gasteiger partial charge in [-0.15, -0.1) is 11.3 Å². The fourth-order valence-corrected chi connectivity index (χ4v) is 4.15. The summed E-state index contributed by atoms with van der Waals surface area (Å²) in [4.78, 5) is 35.5. The highest BCUT2D eigenvalue weighted by molar-refractivity contribution is 7.10. The van der Waals surface area contributed by atoms with Crippen molar-refractivity contribution in [3.05, 3.63) is 55.8 Å². The molecule has 28 heavy (non-hydrogen) atoms. The predicted octanol–water partition coefficient (Wildman–Crippen LogP) is 2.92. The first-order chi connectivity index (χ1) is 13.5. The summed E-state index contributed by atoms with van der Waals surface area (Å²) in [5, 5.41) is 18.1. The molecule has 0 saturated carbocycles. The highest BCUT2D eigenvalue weighted by Gasteiger charge is 2.21. The smallest absolute Gasteiger partial charge is 0.339 e. The van der Waals surface area contributed by atoms with E-state index in [1.165, 1.54) is 17.0 Å². The maximum Gasteiger partial charge on any atom is 0.339 e. The van der Waals surface area contributed by atoms with Gasteiger partial charge in [0.15, 0.2) is 6.61 Å². The van der Waals surface area contributed by atoms with E-state index in [0.29, 0.717) is 24.3 Å². The first-order valence-corrected chi connectivity index (χ1v) is 9.94. The molecule has 1 aromatic carbocycles. The van der Waals surface area contributed by atoms with Gasteiger partial charge >= 0.3 is 5.97 Å². The van der Waals surface area contributed by atoms with Crippen LogP contribution in [-0.2, 0) is 22.4 Å². The molecular formula is C19H21N3O5S. The van der Waals surface area contributed by atoms with Crippen molar-refractivity contribution >= 4 is 34.6 Å². The van der Waals surface area contributed by atoms with Crippen LogP contribution >= 0.6 is 11.3 Å². The number of rotatable bonds is 8. The zero-order valence-electron chi connectivity index (χ0n) is 15.2. The molecular weight excluding hydrogens is 382 g/mol. The van der Waals surface area contributed by atoms with Crippen LogP contribution in [0.5, 0.6) is 0 Å². The van der Waals surface area contributed by atoms with E-state index in [1.807, 2.05) is 5.38 Å². The van der Waals surface area contributed by atoms with Crippen LogP contribution < -0.4 is 10.6 Å². The number of benzene rings is 1.